The summed E-state index contributed by atoms with van der Waals surface area (Å²) in [5.74, 6) is -1.18. The van der Waals surface area contributed by atoms with Gasteiger partial charge in [-0.15, -0.1) is 0 Å². The molecule has 0 aliphatic rings. The van der Waals surface area contributed by atoms with E-state index >= 15 is 0 Å². The van der Waals surface area contributed by atoms with E-state index in [9.17, 15) is 14.8 Å². The average Bonchev–Trinajstić information content (AvgIpc) is 2.87. The lowest BCUT2D eigenvalue weighted by Crippen LogP contribution is -2.18. The first-order chi connectivity index (χ1) is 16.9. The molecule has 0 amide bonds. The second-order valence-electron chi connectivity index (χ2n) is 8.20. The van der Waals surface area contributed by atoms with Gasteiger partial charge < -0.3 is 14.9 Å². The third-order valence-electron chi connectivity index (χ3n) is 6.00. The molecule has 2 N–H and O–H groups in total. The summed E-state index contributed by atoms with van der Waals surface area (Å²) in [5.41, 5.74) is 4.85. The van der Waals surface area contributed by atoms with Crippen molar-refractivity contribution in [1.82, 2.24) is 4.57 Å². The second kappa shape index (κ2) is 10.4. The van der Waals surface area contributed by atoms with Crippen LogP contribution in [-0.4, -0.2) is 26.6 Å². The summed E-state index contributed by atoms with van der Waals surface area (Å²) in [4.78, 5) is 22.9. The molecule has 35 heavy (non-hydrogen) atoms. The Bertz CT molecular complexity index is 1440. The number of oxime groups is 1. The molecule has 1 atom stereocenters. The molecule has 4 rings (SSSR count). The summed E-state index contributed by atoms with van der Waals surface area (Å²) < 4.78 is 1.44. The number of carbonyl (C=O) groups is 1. The molecule has 1 unspecified atom stereocenters. The van der Waals surface area contributed by atoms with E-state index in [2.05, 4.69) is 5.16 Å². The lowest BCUT2D eigenvalue weighted by molar-refractivity contribution is 0.0697. The molecule has 0 spiro atoms. The number of hydrogen-bond donors (Lipinski definition) is 2. The molecule has 0 aliphatic heterocycles. The number of hydrogen-bond acceptors (Lipinski definition) is 4. The molecule has 176 valence electrons. The van der Waals surface area contributed by atoms with Gasteiger partial charge in [-0.2, -0.15) is 0 Å². The van der Waals surface area contributed by atoms with Gasteiger partial charge in [0.1, 0.15) is 0 Å². The normalized spacial score (nSPS) is 12.3. The van der Waals surface area contributed by atoms with E-state index in [-0.39, 0.29) is 17.0 Å². The number of benzene rings is 3. The number of carboxylic acid groups (broad SMARTS) is 1. The summed E-state index contributed by atoms with van der Waals surface area (Å²) in [6, 6.07) is 25.3. The largest absolute Gasteiger partial charge is 0.478 e. The Balaban J connectivity index is 1.70. The summed E-state index contributed by atoms with van der Waals surface area (Å²) in [5, 5.41) is 23.1. The van der Waals surface area contributed by atoms with E-state index < -0.39 is 5.97 Å². The molecule has 7 heteroatoms. The predicted molar refractivity (Wildman–Crippen MR) is 137 cm³/mol. The van der Waals surface area contributed by atoms with Gasteiger partial charge in [0, 0.05) is 42.2 Å². The van der Waals surface area contributed by atoms with Crippen molar-refractivity contribution in [3.63, 3.8) is 0 Å². The molecule has 0 saturated heterocycles. The van der Waals surface area contributed by atoms with Gasteiger partial charge in [-0.1, -0.05) is 71.4 Å². The zero-order chi connectivity index (χ0) is 24.9. The Morgan fingerprint density at radius 3 is 2.09 bits per heavy atom. The van der Waals surface area contributed by atoms with Crippen LogP contribution in [0.25, 0.3) is 11.1 Å². The third kappa shape index (κ3) is 5.34. The van der Waals surface area contributed by atoms with Gasteiger partial charge >= 0.3 is 5.97 Å². The van der Waals surface area contributed by atoms with Gasteiger partial charge in [-0.3, -0.25) is 4.79 Å². The van der Waals surface area contributed by atoms with Crippen molar-refractivity contribution >= 4 is 23.3 Å². The highest BCUT2D eigenvalue weighted by atomic mass is 35.5. The summed E-state index contributed by atoms with van der Waals surface area (Å²) in [7, 11) is 1.65. The van der Waals surface area contributed by atoms with Gasteiger partial charge in [0.15, 0.2) is 0 Å². The van der Waals surface area contributed by atoms with Crippen LogP contribution in [-0.2, 0) is 7.05 Å². The maximum atomic E-state index is 11.8. The smallest absolute Gasteiger partial charge is 0.335 e. The van der Waals surface area contributed by atoms with Crippen molar-refractivity contribution in [2.75, 3.05) is 0 Å². The molecule has 1 heterocycles. The third-order valence-corrected chi connectivity index (χ3v) is 6.34. The molecule has 0 saturated carbocycles. The molecular weight excluding hydrogens is 464 g/mol. The standard InChI is InChI=1S/C28H23ClN2O4/c1-31-17-22(14-15-27(31)32)26(30-35)16-24(23-4-2-3-5-25(23)29)20-10-6-18(7-11-20)19-8-12-21(13-9-19)28(33)34/h2-15,17,24,35H,16H2,1H3,(H,33,34). The molecule has 4 aromatic rings. The van der Waals surface area contributed by atoms with Gasteiger partial charge in [0.25, 0.3) is 0 Å². The molecule has 1 aromatic heterocycles. The SMILES string of the molecule is Cn1cc(C(CC(c2ccc(-c3ccc(C(=O)O)cc3)cc2)c2ccccc2Cl)=NO)ccc1=O. The van der Waals surface area contributed by atoms with Crippen molar-refractivity contribution in [3.05, 3.63) is 129 Å². The molecule has 0 radical (unpaired) electrons. The highest BCUT2D eigenvalue weighted by Gasteiger charge is 2.21. The fourth-order valence-electron chi connectivity index (χ4n) is 4.05. The number of halogens is 1. The van der Waals surface area contributed by atoms with Crippen LogP contribution in [0.4, 0.5) is 0 Å². The molecule has 0 bridgehead atoms. The zero-order valence-corrected chi connectivity index (χ0v) is 19.7. The highest BCUT2D eigenvalue weighted by Crippen LogP contribution is 2.35. The molecule has 0 aliphatic carbocycles. The van der Waals surface area contributed by atoms with Crippen LogP contribution in [0.1, 0.15) is 39.4 Å². The second-order valence-corrected chi connectivity index (χ2v) is 8.60. The molecule has 3 aromatic carbocycles. The van der Waals surface area contributed by atoms with Crippen molar-refractivity contribution in [3.8, 4) is 11.1 Å². The first-order valence-corrected chi connectivity index (χ1v) is 11.3. The fourth-order valence-corrected chi connectivity index (χ4v) is 4.32. The van der Waals surface area contributed by atoms with E-state index in [1.807, 2.05) is 48.5 Å². The topological polar surface area (TPSA) is 91.9 Å². The number of rotatable bonds is 7. The van der Waals surface area contributed by atoms with Crippen molar-refractivity contribution in [1.29, 1.82) is 0 Å². The van der Waals surface area contributed by atoms with Crippen LogP contribution in [0.3, 0.4) is 0 Å². The highest BCUT2D eigenvalue weighted by molar-refractivity contribution is 6.31. The Hall–Kier alpha value is -4.16. The Morgan fingerprint density at radius 1 is 0.914 bits per heavy atom. The lowest BCUT2D eigenvalue weighted by Gasteiger charge is -2.20. The van der Waals surface area contributed by atoms with Crippen molar-refractivity contribution in [2.45, 2.75) is 12.3 Å². The van der Waals surface area contributed by atoms with E-state index in [0.717, 1.165) is 22.3 Å². The molecular formula is C28H23ClN2O4. The quantitative estimate of drug-likeness (QED) is 0.196. The first kappa shape index (κ1) is 24.0. The monoisotopic (exact) mass is 486 g/mol. The number of aromatic nitrogens is 1. The number of aryl methyl sites for hydroxylation is 1. The van der Waals surface area contributed by atoms with Crippen molar-refractivity contribution in [2.24, 2.45) is 12.2 Å². The minimum Gasteiger partial charge on any atom is -0.478 e. The summed E-state index contributed by atoms with van der Waals surface area (Å²) in [6.45, 7) is 0. The van der Waals surface area contributed by atoms with Gasteiger partial charge in [0.05, 0.1) is 11.3 Å². The average molecular weight is 487 g/mol. The Morgan fingerprint density at radius 2 is 1.51 bits per heavy atom. The molecule has 0 fully saturated rings. The fraction of sp³-hybridized carbons (Fsp3) is 0.107. The lowest BCUT2D eigenvalue weighted by atomic mass is 9.85. The maximum absolute atomic E-state index is 11.8. The van der Waals surface area contributed by atoms with Crippen LogP contribution >= 0.6 is 11.6 Å². The van der Waals surface area contributed by atoms with Gasteiger partial charge in [-0.25, -0.2) is 4.79 Å². The Labute approximate surface area is 207 Å². The first-order valence-electron chi connectivity index (χ1n) is 10.9. The maximum Gasteiger partial charge on any atom is 0.335 e. The van der Waals surface area contributed by atoms with Crippen LogP contribution < -0.4 is 5.56 Å². The van der Waals surface area contributed by atoms with Gasteiger partial charge in [0.2, 0.25) is 5.56 Å². The van der Waals surface area contributed by atoms with Crippen LogP contribution in [0.5, 0.6) is 0 Å². The molecule has 6 nitrogen and oxygen atoms in total. The van der Waals surface area contributed by atoms with Crippen LogP contribution in [0.2, 0.25) is 5.02 Å². The predicted octanol–water partition coefficient (Wildman–Crippen LogP) is 5.80. The van der Waals surface area contributed by atoms with E-state index in [0.29, 0.717) is 22.7 Å². The number of pyridine rings is 1. The van der Waals surface area contributed by atoms with Gasteiger partial charge in [-0.05, 0) is 46.5 Å². The number of aromatic carboxylic acids is 1. The minimum atomic E-state index is -0.964. The summed E-state index contributed by atoms with van der Waals surface area (Å²) >= 11 is 6.56. The minimum absolute atomic E-state index is 0.152. The Kier molecular flexibility index (Phi) is 7.13. The van der Waals surface area contributed by atoms with Crippen LogP contribution in [0, 0.1) is 0 Å². The van der Waals surface area contributed by atoms with Crippen LogP contribution in [0.15, 0.2) is 101 Å². The number of carboxylic acids is 1. The summed E-state index contributed by atoms with van der Waals surface area (Å²) in [6.07, 6.45) is 2.00. The zero-order valence-electron chi connectivity index (χ0n) is 18.9. The van der Waals surface area contributed by atoms with Crippen molar-refractivity contribution < 1.29 is 15.1 Å². The van der Waals surface area contributed by atoms with E-state index in [1.54, 1.807) is 43.6 Å². The van der Waals surface area contributed by atoms with E-state index in [4.69, 9.17) is 16.7 Å². The van der Waals surface area contributed by atoms with E-state index in [1.165, 1.54) is 10.6 Å². The number of nitrogens with zero attached hydrogens (tertiary/aromatic N) is 2.